The molecule has 0 atom stereocenters. The molecule has 1 amide bonds. The van der Waals surface area contributed by atoms with Crippen LogP contribution in [-0.2, 0) is 6.61 Å². The lowest BCUT2D eigenvalue weighted by Gasteiger charge is -2.13. The van der Waals surface area contributed by atoms with Gasteiger partial charge in [0.2, 0.25) is 0 Å². The molecular weight excluding hydrogens is 450 g/mol. The van der Waals surface area contributed by atoms with Crippen LogP contribution < -0.4 is 15.6 Å². The van der Waals surface area contributed by atoms with Gasteiger partial charge in [-0.05, 0) is 49.7 Å². The van der Waals surface area contributed by atoms with Gasteiger partial charge in [0.15, 0.2) is 5.65 Å². The smallest absolute Gasteiger partial charge is 0.287 e. The van der Waals surface area contributed by atoms with Crippen molar-refractivity contribution in [2.45, 2.75) is 20.5 Å². The molecule has 0 spiro atoms. The van der Waals surface area contributed by atoms with Crippen LogP contribution in [-0.4, -0.2) is 15.5 Å². The highest BCUT2D eigenvalue weighted by Crippen LogP contribution is 2.27. The van der Waals surface area contributed by atoms with Gasteiger partial charge in [0.1, 0.15) is 18.1 Å². The number of aromatic nitrogens is 2. The largest absolute Gasteiger partial charge is 0.485 e. The number of nitrogens with zero attached hydrogens (tertiary/aromatic N) is 2. The van der Waals surface area contributed by atoms with E-state index >= 15 is 0 Å². The highest BCUT2D eigenvalue weighted by molar-refractivity contribution is 9.10. The number of rotatable bonds is 5. The minimum absolute atomic E-state index is 0.0682. The Morgan fingerprint density at radius 1 is 1.17 bits per heavy atom. The van der Waals surface area contributed by atoms with Crippen molar-refractivity contribution < 1.29 is 14.1 Å². The Hall–Kier alpha value is -3.39. The fourth-order valence-electron chi connectivity index (χ4n) is 2.99. The van der Waals surface area contributed by atoms with Crippen molar-refractivity contribution in [3.05, 3.63) is 92.0 Å². The Kier molecular flexibility index (Phi) is 5.41. The number of benzene rings is 2. The van der Waals surface area contributed by atoms with Crippen molar-refractivity contribution in [1.82, 2.24) is 9.56 Å². The number of carbonyl (C=O) groups excluding carboxylic acids is 1. The van der Waals surface area contributed by atoms with Crippen molar-refractivity contribution in [2.75, 3.05) is 5.32 Å². The third-order valence-corrected chi connectivity index (χ3v) is 4.86. The maximum absolute atomic E-state index is 12.6. The fraction of sp³-hybridized carbons (Fsp3) is 0.136. The standard InChI is InChI=1S/C22H18BrN3O4/c1-13-6-7-19(18(8-13)25-22(28)15-4-3-5-16(23)10-15)29-12-17-11-21(27)26-20(24-17)9-14(2)30-26/h3-11H,12H2,1-2H3,(H,25,28). The van der Waals surface area contributed by atoms with E-state index in [9.17, 15) is 9.59 Å². The van der Waals surface area contributed by atoms with E-state index in [1.54, 1.807) is 37.3 Å². The number of halogens is 1. The van der Waals surface area contributed by atoms with E-state index in [1.807, 2.05) is 25.1 Å². The first-order valence-electron chi connectivity index (χ1n) is 9.19. The van der Waals surface area contributed by atoms with Crippen LogP contribution >= 0.6 is 15.9 Å². The number of amides is 1. The van der Waals surface area contributed by atoms with E-state index in [2.05, 4.69) is 26.2 Å². The Morgan fingerprint density at radius 2 is 2.00 bits per heavy atom. The molecule has 0 saturated carbocycles. The number of carbonyl (C=O) groups is 1. The molecule has 0 saturated heterocycles. The van der Waals surface area contributed by atoms with Gasteiger partial charge < -0.3 is 14.6 Å². The highest BCUT2D eigenvalue weighted by atomic mass is 79.9. The number of hydrogen-bond donors (Lipinski definition) is 1. The molecule has 2 heterocycles. The first-order chi connectivity index (χ1) is 14.4. The van der Waals surface area contributed by atoms with Gasteiger partial charge in [-0.15, -0.1) is 4.57 Å². The van der Waals surface area contributed by atoms with Gasteiger partial charge in [0.25, 0.3) is 11.5 Å². The lowest BCUT2D eigenvalue weighted by molar-refractivity contribution is 0.102. The summed E-state index contributed by atoms with van der Waals surface area (Å²) in [7, 11) is 0. The first-order valence-corrected chi connectivity index (χ1v) is 9.98. The molecule has 0 bridgehead atoms. The predicted molar refractivity (Wildman–Crippen MR) is 116 cm³/mol. The van der Waals surface area contributed by atoms with E-state index in [0.29, 0.717) is 34.1 Å². The Labute approximate surface area is 180 Å². The Bertz CT molecular complexity index is 1310. The number of fused-ring (bicyclic) bond motifs is 1. The molecule has 2 aromatic heterocycles. The topological polar surface area (TPSA) is 85.8 Å². The number of hydrogen-bond acceptors (Lipinski definition) is 5. The summed E-state index contributed by atoms with van der Waals surface area (Å²) in [5, 5.41) is 2.89. The van der Waals surface area contributed by atoms with Crippen molar-refractivity contribution in [2.24, 2.45) is 0 Å². The van der Waals surface area contributed by atoms with Gasteiger partial charge in [-0.3, -0.25) is 9.59 Å². The predicted octanol–water partition coefficient (Wildman–Crippen LogP) is 4.50. The molecule has 0 aliphatic rings. The van der Waals surface area contributed by atoms with Gasteiger partial charge >= 0.3 is 0 Å². The summed E-state index contributed by atoms with van der Waals surface area (Å²) in [6.45, 7) is 3.74. The monoisotopic (exact) mass is 467 g/mol. The van der Waals surface area contributed by atoms with Crippen LogP contribution in [0, 0.1) is 13.8 Å². The van der Waals surface area contributed by atoms with Crippen LogP contribution in [0.25, 0.3) is 5.65 Å². The number of ether oxygens (including phenoxy) is 1. The summed E-state index contributed by atoms with van der Waals surface area (Å²) in [5.74, 6) is 0.821. The molecule has 0 aliphatic heterocycles. The van der Waals surface area contributed by atoms with Gasteiger partial charge in [0.05, 0.1) is 11.4 Å². The van der Waals surface area contributed by atoms with Crippen molar-refractivity contribution >= 4 is 33.2 Å². The first kappa shape index (κ1) is 19.9. The molecule has 30 heavy (non-hydrogen) atoms. The van der Waals surface area contributed by atoms with Gasteiger partial charge in [-0.2, -0.15) is 0 Å². The number of aryl methyl sites for hydroxylation is 2. The minimum Gasteiger partial charge on any atom is -0.485 e. The molecule has 0 radical (unpaired) electrons. The van der Waals surface area contributed by atoms with Crippen molar-refractivity contribution in [1.29, 1.82) is 0 Å². The molecule has 1 N–H and O–H groups in total. The molecule has 4 aromatic rings. The molecule has 7 nitrogen and oxygen atoms in total. The van der Waals surface area contributed by atoms with Crippen LogP contribution in [0.1, 0.15) is 27.4 Å². The Balaban J connectivity index is 1.56. The van der Waals surface area contributed by atoms with Crippen LogP contribution in [0.3, 0.4) is 0 Å². The van der Waals surface area contributed by atoms with Gasteiger partial charge in [-0.25, -0.2) is 4.98 Å². The normalized spacial score (nSPS) is 10.9. The second-order valence-electron chi connectivity index (χ2n) is 6.84. The van der Waals surface area contributed by atoms with Crippen LogP contribution in [0.4, 0.5) is 5.69 Å². The summed E-state index contributed by atoms with van der Waals surface area (Å²) in [5.41, 5.74) is 2.60. The molecule has 8 heteroatoms. The second kappa shape index (κ2) is 8.16. The number of nitrogens with one attached hydrogen (secondary N) is 1. The molecule has 0 unspecified atom stereocenters. The highest BCUT2D eigenvalue weighted by Gasteiger charge is 2.12. The number of anilines is 1. The summed E-state index contributed by atoms with van der Waals surface area (Å²) in [6, 6.07) is 15.7. The van der Waals surface area contributed by atoms with E-state index in [1.165, 1.54) is 6.07 Å². The maximum atomic E-state index is 12.6. The third-order valence-electron chi connectivity index (χ3n) is 4.37. The van der Waals surface area contributed by atoms with Crippen molar-refractivity contribution in [3.8, 4) is 5.75 Å². The molecule has 2 aromatic carbocycles. The van der Waals surface area contributed by atoms with Gasteiger partial charge in [0, 0.05) is 22.2 Å². The molecule has 0 aliphatic carbocycles. The zero-order valence-corrected chi connectivity index (χ0v) is 17.9. The van der Waals surface area contributed by atoms with Crippen molar-refractivity contribution in [3.63, 3.8) is 0 Å². The molecular formula is C22H18BrN3O4. The van der Waals surface area contributed by atoms with Crippen LogP contribution in [0.2, 0.25) is 0 Å². The fourth-order valence-corrected chi connectivity index (χ4v) is 3.39. The lowest BCUT2D eigenvalue weighted by atomic mass is 10.1. The summed E-state index contributed by atoms with van der Waals surface area (Å²) in [4.78, 5) is 29.2. The van der Waals surface area contributed by atoms with Gasteiger partial charge in [-0.1, -0.05) is 28.1 Å². The van der Waals surface area contributed by atoms with Crippen LogP contribution in [0.15, 0.2) is 68.4 Å². The summed E-state index contributed by atoms with van der Waals surface area (Å²) < 4.78 is 13.1. The van der Waals surface area contributed by atoms with E-state index < -0.39 is 0 Å². The van der Waals surface area contributed by atoms with E-state index in [0.717, 1.165) is 14.6 Å². The lowest BCUT2D eigenvalue weighted by Crippen LogP contribution is -2.15. The van der Waals surface area contributed by atoms with E-state index in [4.69, 9.17) is 9.26 Å². The zero-order chi connectivity index (χ0) is 21.3. The minimum atomic E-state index is -0.321. The quantitative estimate of drug-likeness (QED) is 0.466. The van der Waals surface area contributed by atoms with E-state index in [-0.39, 0.29) is 18.1 Å². The Morgan fingerprint density at radius 3 is 2.80 bits per heavy atom. The van der Waals surface area contributed by atoms with Crippen LogP contribution in [0.5, 0.6) is 5.75 Å². The average Bonchev–Trinajstić information content (AvgIpc) is 3.08. The molecule has 0 fully saturated rings. The average molecular weight is 468 g/mol. The zero-order valence-electron chi connectivity index (χ0n) is 16.3. The molecule has 4 rings (SSSR count). The molecule has 152 valence electrons. The second-order valence-corrected chi connectivity index (χ2v) is 7.75. The summed E-state index contributed by atoms with van der Waals surface area (Å²) >= 11 is 3.37. The summed E-state index contributed by atoms with van der Waals surface area (Å²) in [6.07, 6.45) is 0. The maximum Gasteiger partial charge on any atom is 0.287 e. The SMILES string of the molecule is Cc1ccc(OCc2cc(=O)n3oc(C)cc3n2)c(NC(=O)c2cccc(Br)c2)c1. The third kappa shape index (κ3) is 4.28.